The van der Waals surface area contributed by atoms with Crippen LogP contribution in [0.15, 0.2) is 46.2 Å². The first-order valence-corrected chi connectivity index (χ1v) is 10.5. The maximum atomic E-state index is 13.2. The molecular formula is C22H25N3O9. The van der Waals surface area contributed by atoms with Crippen molar-refractivity contribution in [1.82, 2.24) is 14.1 Å². The Morgan fingerprint density at radius 3 is 2.50 bits per heavy atom. The second-order valence-corrected chi connectivity index (χ2v) is 7.73. The normalized spacial score (nSPS) is 21.6. The Bertz CT molecular complexity index is 1170. The number of carbonyl (C=O) groups is 3. The molecular weight excluding hydrogens is 450 g/mol. The third-order valence-electron chi connectivity index (χ3n) is 5.16. The fraction of sp³-hybridized carbons (Fsp3) is 0.455. The molecule has 182 valence electrons. The molecule has 1 aliphatic rings. The molecule has 3 heterocycles. The van der Waals surface area contributed by atoms with Crippen molar-refractivity contribution in [2.75, 3.05) is 13.2 Å². The second kappa shape index (κ2) is 10.4. The van der Waals surface area contributed by atoms with Gasteiger partial charge >= 0.3 is 23.6 Å². The Kier molecular flexibility index (Phi) is 7.61. The predicted octanol–water partition coefficient (Wildman–Crippen LogP) is 0.169. The van der Waals surface area contributed by atoms with Crippen molar-refractivity contribution in [2.45, 2.75) is 51.7 Å². The van der Waals surface area contributed by atoms with Crippen molar-refractivity contribution in [3.05, 3.63) is 63.2 Å². The van der Waals surface area contributed by atoms with E-state index in [-0.39, 0.29) is 26.2 Å². The minimum atomic E-state index is -1.53. The van der Waals surface area contributed by atoms with Crippen LogP contribution < -0.4 is 11.2 Å². The highest BCUT2D eigenvalue weighted by Crippen LogP contribution is 2.39. The van der Waals surface area contributed by atoms with Gasteiger partial charge in [0.05, 0.1) is 25.5 Å². The smallest absolute Gasteiger partial charge is 0.333 e. The van der Waals surface area contributed by atoms with Crippen LogP contribution >= 0.6 is 0 Å². The number of nitrogens with zero attached hydrogens (tertiary/aromatic N) is 3. The Balaban J connectivity index is 2.02. The maximum absolute atomic E-state index is 13.2. The molecule has 2 unspecified atom stereocenters. The van der Waals surface area contributed by atoms with Crippen LogP contribution in [0.5, 0.6) is 0 Å². The second-order valence-electron chi connectivity index (χ2n) is 7.73. The number of rotatable bonds is 8. The van der Waals surface area contributed by atoms with E-state index in [2.05, 4.69) is 4.98 Å². The molecule has 1 aliphatic heterocycles. The van der Waals surface area contributed by atoms with E-state index in [1.165, 1.54) is 32.3 Å². The summed E-state index contributed by atoms with van der Waals surface area (Å²) < 4.78 is 23.8. The molecule has 1 saturated heterocycles. The molecule has 0 N–H and O–H groups in total. The minimum Gasteiger partial charge on any atom is -0.466 e. The summed E-state index contributed by atoms with van der Waals surface area (Å²) in [6.07, 6.45) is 0.223. The van der Waals surface area contributed by atoms with Crippen molar-refractivity contribution in [3.63, 3.8) is 0 Å². The van der Waals surface area contributed by atoms with Crippen LogP contribution in [0.4, 0.5) is 0 Å². The van der Waals surface area contributed by atoms with Crippen LogP contribution in [0, 0.1) is 0 Å². The summed E-state index contributed by atoms with van der Waals surface area (Å²) in [5.41, 5.74) is -2.34. The van der Waals surface area contributed by atoms with E-state index < -0.39 is 47.1 Å². The lowest BCUT2D eigenvalue weighted by Crippen LogP contribution is -2.51. The van der Waals surface area contributed by atoms with Gasteiger partial charge in [-0.05, 0) is 12.1 Å². The number of carbonyl (C=O) groups excluding carboxylic acids is 3. The first-order valence-electron chi connectivity index (χ1n) is 10.5. The lowest BCUT2D eigenvalue weighted by atomic mass is 9.94. The molecule has 0 bridgehead atoms. The topological polar surface area (TPSA) is 145 Å². The number of esters is 3. The minimum absolute atomic E-state index is 0.0526. The predicted molar refractivity (Wildman–Crippen MR) is 115 cm³/mol. The van der Waals surface area contributed by atoms with Gasteiger partial charge in [-0.2, -0.15) is 0 Å². The van der Waals surface area contributed by atoms with Crippen molar-refractivity contribution in [2.24, 2.45) is 0 Å². The number of ether oxygens (including phenoxy) is 4. The monoisotopic (exact) mass is 475 g/mol. The van der Waals surface area contributed by atoms with Gasteiger partial charge in [0.25, 0.3) is 5.56 Å². The van der Waals surface area contributed by atoms with E-state index >= 15 is 0 Å². The summed E-state index contributed by atoms with van der Waals surface area (Å²) >= 11 is 0. The first kappa shape index (κ1) is 24.8. The summed E-state index contributed by atoms with van der Waals surface area (Å²) in [6.45, 7) is 3.06. The van der Waals surface area contributed by atoms with Gasteiger partial charge in [-0.1, -0.05) is 6.07 Å². The number of hydrogen-bond donors (Lipinski definition) is 0. The lowest BCUT2D eigenvalue weighted by Gasteiger charge is -2.33. The zero-order chi connectivity index (χ0) is 24.9. The summed E-state index contributed by atoms with van der Waals surface area (Å²) in [7, 11) is 0. The van der Waals surface area contributed by atoms with Crippen molar-refractivity contribution >= 4 is 17.9 Å². The van der Waals surface area contributed by atoms with E-state index in [4.69, 9.17) is 18.9 Å². The van der Waals surface area contributed by atoms with Crippen LogP contribution in [0.3, 0.4) is 0 Å². The molecule has 12 heteroatoms. The molecule has 0 saturated carbocycles. The van der Waals surface area contributed by atoms with Gasteiger partial charge in [0.2, 0.25) is 0 Å². The van der Waals surface area contributed by atoms with E-state index in [1.54, 1.807) is 18.2 Å². The number of pyridine rings is 1. The van der Waals surface area contributed by atoms with Gasteiger partial charge in [-0.3, -0.25) is 33.3 Å². The largest absolute Gasteiger partial charge is 0.466 e. The van der Waals surface area contributed by atoms with E-state index in [9.17, 15) is 24.0 Å². The third kappa shape index (κ3) is 5.57. The van der Waals surface area contributed by atoms with Crippen molar-refractivity contribution < 1.29 is 33.3 Å². The first-order chi connectivity index (χ1) is 16.1. The molecule has 0 radical (unpaired) electrons. The summed E-state index contributed by atoms with van der Waals surface area (Å²) in [5, 5.41) is 0. The van der Waals surface area contributed by atoms with Gasteiger partial charge in [0, 0.05) is 45.7 Å². The fourth-order valence-electron chi connectivity index (χ4n) is 3.76. The SMILES string of the molecule is CC(=O)OCCC1(OC(C)=O)COC(n2ccc(=O)n(Cc3ccccn3)c2=O)[C@H]1OC(C)=O. The van der Waals surface area contributed by atoms with Crippen LogP contribution in [-0.2, 0) is 39.9 Å². The van der Waals surface area contributed by atoms with Gasteiger partial charge in [-0.15, -0.1) is 0 Å². The van der Waals surface area contributed by atoms with Crippen molar-refractivity contribution in [1.29, 1.82) is 0 Å². The molecule has 0 spiro atoms. The molecule has 1 fully saturated rings. The molecule has 0 aliphatic carbocycles. The third-order valence-corrected chi connectivity index (χ3v) is 5.16. The molecule has 2 aromatic heterocycles. The molecule has 3 rings (SSSR count). The quantitative estimate of drug-likeness (QED) is 0.382. The molecule has 0 amide bonds. The number of aromatic nitrogens is 3. The van der Waals surface area contributed by atoms with Crippen LogP contribution in [0.2, 0.25) is 0 Å². The van der Waals surface area contributed by atoms with Crippen LogP contribution in [0.25, 0.3) is 0 Å². The number of hydrogen-bond acceptors (Lipinski definition) is 10. The average Bonchev–Trinajstić information content (AvgIpc) is 3.08. The Labute approximate surface area is 194 Å². The Morgan fingerprint density at radius 1 is 1.12 bits per heavy atom. The highest BCUT2D eigenvalue weighted by molar-refractivity contribution is 5.68. The van der Waals surface area contributed by atoms with E-state index in [0.29, 0.717) is 5.69 Å². The molecule has 12 nitrogen and oxygen atoms in total. The zero-order valence-corrected chi connectivity index (χ0v) is 19.0. The summed E-state index contributed by atoms with van der Waals surface area (Å²) in [4.78, 5) is 64.9. The highest BCUT2D eigenvalue weighted by Gasteiger charge is 2.56. The zero-order valence-electron chi connectivity index (χ0n) is 19.0. The Morgan fingerprint density at radius 2 is 1.88 bits per heavy atom. The highest BCUT2D eigenvalue weighted by atomic mass is 16.6. The van der Waals surface area contributed by atoms with E-state index in [1.807, 2.05) is 0 Å². The standard InChI is InChI=1S/C22H25N3O9/c1-14(26)31-11-8-22(34-16(3)28)13-32-20(19(22)33-15(2)27)24-10-7-18(29)25(21(24)30)12-17-6-4-5-9-23-17/h4-7,9-10,19-20H,8,11-13H2,1-3H3/t19-,20?,22?/m1/s1. The average molecular weight is 475 g/mol. The summed E-state index contributed by atoms with van der Waals surface area (Å²) in [5.74, 6) is -1.94. The van der Waals surface area contributed by atoms with Gasteiger partial charge in [0.15, 0.2) is 17.9 Å². The molecule has 3 atom stereocenters. The summed E-state index contributed by atoms with van der Waals surface area (Å²) in [6, 6.07) is 6.26. The lowest BCUT2D eigenvalue weighted by molar-refractivity contribution is -0.183. The maximum Gasteiger partial charge on any atom is 0.333 e. The molecule has 34 heavy (non-hydrogen) atoms. The Hall–Kier alpha value is -3.80. The van der Waals surface area contributed by atoms with Crippen LogP contribution in [-0.4, -0.2) is 56.9 Å². The molecule has 2 aromatic rings. The van der Waals surface area contributed by atoms with E-state index in [0.717, 1.165) is 16.1 Å². The molecule has 0 aromatic carbocycles. The van der Waals surface area contributed by atoms with Gasteiger partial charge in [0.1, 0.15) is 0 Å². The van der Waals surface area contributed by atoms with Gasteiger partial charge < -0.3 is 18.9 Å². The fourth-order valence-corrected chi connectivity index (χ4v) is 3.76. The van der Waals surface area contributed by atoms with Crippen LogP contribution in [0.1, 0.15) is 39.1 Å². The van der Waals surface area contributed by atoms with Gasteiger partial charge in [-0.25, -0.2) is 4.79 Å². The van der Waals surface area contributed by atoms with Crippen molar-refractivity contribution in [3.8, 4) is 0 Å².